The third-order valence-corrected chi connectivity index (χ3v) is 7.35. The van der Waals surface area contributed by atoms with Crippen molar-refractivity contribution in [2.24, 2.45) is 5.92 Å². The first-order valence-corrected chi connectivity index (χ1v) is 12.8. The number of hydrogen-bond acceptors (Lipinski definition) is 8. The number of hydrogen-bond donors (Lipinski definition) is 3. The molecule has 1 saturated carbocycles. The van der Waals surface area contributed by atoms with Crippen LogP contribution in [0.3, 0.4) is 0 Å². The van der Waals surface area contributed by atoms with Crippen LogP contribution in [0.15, 0.2) is 30.7 Å². The number of carbonyl (C=O) groups is 1. The molecule has 1 amide bonds. The van der Waals surface area contributed by atoms with Crippen LogP contribution in [0.2, 0.25) is 5.02 Å². The number of rotatable bonds is 6. The number of amides is 1. The highest BCUT2D eigenvalue weighted by Gasteiger charge is 2.28. The number of halogens is 2. The summed E-state index contributed by atoms with van der Waals surface area (Å²) in [6, 6.07) is 4.85. The van der Waals surface area contributed by atoms with Gasteiger partial charge in [0.15, 0.2) is 5.82 Å². The van der Waals surface area contributed by atoms with Crippen molar-refractivity contribution in [3.8, 4) is 0 Å². The number of fused-ring (bicyclic) bond motifs is 1. The summed E-state index contributed by atoms with van der Waals surface area (Å²) in [5.74, 6) is 0.724. The number of nitrogens with zero attached hydrogens (tertiary/aromatic N) is 5. The van der Waals surface area contributed by atoms with Crippen molar-refractivity contribution in [2.45, 2.75) is 50.6 Å². The van der Waals surface area contributed by atoms with Crippen molar-refractivity contribution in [1.82, 2.24) is 30.2 Å². The third-order valence-electron chi connectivity index (χ3n) is 7.06. The average Bonchev–Trinajstić information content (AvgIpc) is 2.88. The molecule has 5 rings (SSSR count). The second kappa shape index (κ2) is 10.9. The maximum absolute atomic E-state index is 13.5. The van der Waals surface area contributed by atoms with Crippen molar-refractivity contribution < 1.29 is 9.18 Å². The molecule has 3 N–H and O–H groups in total. The van der Waals surface area contributed by atoms with E-state index in [1.54, 1.807) is 12.3 Å². The van der Waals surface area contributed by atoms with E-state index >= 15 is 0 Å². The second-order valence-corrected chi connectivity index (χ2v) is 10.1. The molecule has 11 heteroatoms. The van der Waals surface area contributed by atoms with E-state index in [-0.39, 0.29) is 22.9 Å². The maximum Gasteiger partial charge on any atom is 0.223 e. The van der Waals surface area contributed by atoms with E-state index in [0.29, 0.717) is 34.5 Å². The lowest BCUT2D eigenvalue weighted by Crippen LogP contribution is -2.46. The highest BCUT2D eigenvalue weighted by atomic mass is 35.5. The Balaban J connectivity index is 1.20. The minimum absolute atomic E-state index is 0.0194. The van der Waals surface area contributed by atoms with Crippen molar-refractivity contribution in [1.29, 1.82) is 0 Å². The van der Waals surface area contributed by atoms with E-state index in [4.69, 9.17) is 11.6 Å². The Bertz CT molecular complexity index is 1230. The molecule has 1 aliphatic heterocycles. The number of likely N-dealkylation sites (tertiary alicyclic amines) is 1. The van der Waals surface area contributed by atoms with Crippen LogP contribution in [0.1, 0.15) is 38.5 Å². The van der Waals surface area contributed by atoms with Crippen LogP contribution in [-0.2, 0) is 4.79 Å². The fourth-order valence-electron chi connectivity index (χ4n) is 4.88. The normalized spacial score (nSPS) is 21.3. The number of benzene rings is 1. The van der Waals surface area contributed by atoms with Gasteiger partial charge in [0.1, 0.15) is 23.2 Å². The SMILES string of the molecule is CN1CCC(NC(=O)C2CCC(Nc3ncc4ncnc(Nc5ccc(F)c(Cl)c5)c4n3)CC2)CC1. The van der Waals surface area contributed by atoms with Crippen LogP contribution >= 0.6 is 11.6 Å². The molecule has 0 unspecified atom stereocenters. The summed E-state index contributed by atoms with van der Waals surface area (Å²) in [4.78, 5) is 32.7. The van der Waals surface area contributed by atoms with Gasteiger partial charge in [0.05, 0.1) is 11.2 Å². The monoisotopic (exact) mass is 512 g/mol. The summed E-state index contributed by atoms with van der Waals surface area (Å²) in [7, 11) is 2.12. The summed E-state index contributed by atoms with van der Waals surface area (Å²) >= 11 is 5.91. The van der Waals surface area contributed by atoms with Crippen LogP contribution < -0.4 is 16.0 Å². The molecule has 0 bridgehead atoms. The van der Waals surface area contributed by atoms with E-state index in [1.165, 1.54) is 18.5 Å². The predicted molar refractivity (Wildman–Crippen MR) is 138 cm³/mol. The highest BCUT2D eigenvalue weighted by Crippen LogP contribution is 2.28. The van der Waals surface area contributed by atoms with Gasteiger partial charge in [0.2, 0.25) is 11.9 Å². The molecule has 1 aliphatic carbocycles. The molecule has 0 spiro atoms. The molecule has 2 aliphatic rings. The molecule has 9 nitrogen and oxygen atoms in total. The van der Waals surface area contributed by atoms with Gasteiger partial charge in [-0.25, -0.2) is 24.3 Å². The summed E-state index contributed by atoms with van der Waals surface area (Å²) in [6.45, 7) is 2.07. The zero-order valence-corrected chi connectivity index (χ0v) is 20.9. The van der Waals surface area contributed by atoms with Crippen LogP contribution in [-0.4, -0.2) is 63.0 Å². The first-order valence-electron chi connectivity index (χ1n) is 12.4. The average molecular weight is 513 g/mol. The Kier molecular flexibility index (Phi) is 7.43. The number of carbonyl (C=O) groups excluding carboxylic acids is 1. The van der Waals surface area contributed by atoms with Gasteiger partial charge in [-0.1, -0.05) is 11.6 Å². The Hall–Kier alpha value is -3.11. The molecule has 1 saturated heterocycles. The predicted octanol–water partition coefficient (Wildman–Crippen LogP) is 4.14. The zero-order valence-electron chi connectivity index (χ0n) is 20.2. The highest BCUT2D eigenvalue weighted by molar-refractivity contribution is 6.31. The number of aromatic nitrogens is 4. The van der Waals surface area contributed by atoms with Crippen molar-refractivity contribution in [3.05, 3.63) is 41.6 Å². The van der Waals surface area contributed by atoms with Crippen molar-refractivity contribution >= 4 is 46.0 Å². The molecule has 3 heterocycles. The van der Waals surface area contributed by atoms with Crippen LogP contribution in [0.25, 0.3) is 11.0 Å². The molecule has 3 aromatic rings. The lowest BCUT2D eigenvalue weighted by atomic mass is 9.85. The van der Waals surface area contributed by atoms with Gasteiger partial charge in [0, 0.05) is 23.7 Å². The molecular weight excluding hydrogens is 483 g/mol. The zero-order chi connectivity index (χ0) is 25.1. The maximum atomic E-state index is 13.5. The summed E-state index contributed by atoms with van der Waals surface area (Å²) in [6.07, 6.45) is 8.53. The standard InChI is InChI=1S/C25H30ClFN8O/c1-35-10-8-17(9-11-35)32-24(36)15-2-4-16(5-3-15)33-25-28-13-21-22(34-25)23(30-14-29-21)31-18-6-7-20(27)19(26)12-18/h6-7,12-17H,2-5,8-11H2,1H3,(H,32,36)(H,28,33,34)(H,29,30,31). The van der Waals surface area contributed by atoms with Crippen LogP contribution in [0.4, 0.5) is 21.8 Å². The summed E-state index contributed by atoms with van der Waals surface area (Å²) < 4.78 is 13.5. The van der Waals surface area contributed by atoms with E-state index in [1.807, 2.05) is 0 Å². The molecule has 0 radical (unpaired) electrons. The Labute approximate surface area is 214 Å². The lowest BCUT2D eigenvalue weighted by molar-refractivity contribution is -0.127. The van der Waals surface area contributed by atoms with E-state index in [2.05, 4.69) is 47.8 Å². The van der Waals surface area contributed by atoms with E-state index in [9.17, 15) is 9.18 Å². The first kappa shape index (κ1) is 24.6. The van der Waals surface area contributed by atoms with Crippen molar-refractivity contribution in [3.63, 3.8) is 0 Å². The number of anilines is 3. The van der Waals surface area contributed by atoms with Gasteiger partial charge < -0.3 is 20.9 Å². The van der Waals surface area contributed by atoms with Gasteiger partial charge in [0.25, 0.3) is 0 Å². The smallest absolute Gasteiger partial charge is 0.223 e. The minimum Gasteiger partial charge on any atom is -0.353 e. The fraction of sp³-hybridized carbons (Fsp3) is 0.480. The molecule has 2 aromatic heterocycles. The molecule has 190 valence electrons. The lowest BCUT2D eigenvalue weighted by Gasteiger charge is -2.32. The third kappa shape index (κ3) is 5.82. The Morgan fingerprint density at radius 2 is 1.83 bits per heavy atom. The van der Waals surface area contributed by atoms with Crippen LogP contribution in [0.5, 0.6) is 0 Å². The largest absolute Gasteiger partial charge is 0.353 e. The molecule has 36 heavy (non-hydrogen) atoms. The molecule has 2 fully saturated rings. The summed E-state index contributed by atoms with van der Waals surface area (Å²) in [5, 5.41) is 9.83. The quantitative estimate of drug-likeness (QED) is 0.452. The topological polar surface area (TPSA) is 108 Å². The van der Waals surface area contributed by atoms with Gasteiger partial charge in [-0.15, -0.1) is 0 Å². The van der Waals surface area contributed by atoms with E-state index < -0.39 is 5.82 Å². The first-order chi connectivity index (χ1) is 17.4. The van der Waals surface area contributed by atoms with Crippen molar-refractivity contribution in [2.75, 3.05) is 30.8 Å². The number of piperidine rings is 1. The second-order valence-electron chi connectivity index (χ2n) is 9.68. The van der Waals surface area contributed by atoms with Crippen LogP contribution in [0, 0.1) is 11.7 Å². The molecule has 0 atom stereocenters. The Morgan fingerprint density at radius 3 is 2.58 bits per heavy atom. The molecule has 1 aromatic carbocycles. The van der Waals surface area contributed by atoms with Gasteiger partial charge in [-0.05, 0) is 76.9 Å². The van der Waals surface area contributed by atoms with Gasteiger partial charge in [-0.2, -0.15) is 0 Å². The van der Waals surface area contributed by atoms with E-state index in [0.717, 1.165) is 51.6 Å². The van der Waals surface area contributed by atoms with Gasteiger partial charge >= 0.3 is 0 Å². The van der Waals surface area contributed by atoms with Gasteiger partial charge in [-0.3, -0.25) is 4.79 Å². The molecular formula is C25H30ClFN8O. The fourth-order valence-corrected chi connectivity index (χ4v) is 5.06. The minimum atomic E-state index is -0.488. The number of nitrogens with one attached hydrogen (secondary N) is 3. The Morgan fingerprint density at radius 1 is 1.06 bits per heavy atom. The summed E-state index contributed by atoms with van der Waals surface area (Å²) in [5.41, 5.74) is 1.72.